The molecular weight excluding hydrogens is 322 g/mol. The van der Waals surface area contributed by atoms with Crippen molar-refractivity contribution in [2.45, 2.75) is 18.9 Å². The molecule has 2 aromatic rings. The van der Waals surface area contributed by atoms with Crippen molar-refractivity contribution in [3.63, 3.8) is 0 Å². The largest absolute Gasteiger partial charge is 0.486 e. The zero-order valence-electron chi connectivity index (χ0n) is 13.5. The fourth-order valence-corrected chi connectivity index (χ4v) is 2.51. The Labute approximate surface area is 144 Å². The second-order valence-corrected chi connectivity index (χ2v) is 6.02. The third kappa shape index (κ3) is 3.55. The van der Waals surface area contributed by atoms with E-state index in [2.05, 4.69) is 15.6 Å². The summed E-state index contributed by atoms with van der Waals surface area (Å²) in [6, 6.07) is 6.99. The van der Waals surface area contributed by atoms with E-state index in [4.69, 9.17) is 9.47 Å². The van der Waals surface area contributed by atoms with Crippen LogP contribution in [-0.4, -0.2) is 36.1 Å². The molecular formula is C18H17N3O4. The number of pyridine rings is 1. The van der Waals surface area contributed by atoms with Crippen LogP contribution >= 0.6 is 0 Å². The number of hydrogen-bond acceptors (Lipinski definition) is 5. The molecule has 0 saturated heterocycles. The Hall–Kier alpha value is -3.09. The van der Waals surface area contributed by atoms with Gasteiger partial charge in [-0.3, -0.25) is 14.6 Å². The predicted octanol–water partition coefficient (Wildman–Crippen LogP) is 2.00. The van der Waals surface area contributed by atoms with Crippen LogP contribution in [0.5, 0.6) is 11.5 Å². The molecule has 1 fully saturated rings. The van der Waals surface area contributed by atoms with Gasteiger partial charge in [-0.1, -0.05) is 0 Å². The van der Waals surface area contributed by atoms with E-state index in [0.717, 1.165) is 12.8 Å². The van der Waals surface area contributed by atoms with E-state index in [0.29, 0.717) is 41.5 Å². The highest BCUT2D eigenvalue weighted by molar-refractivity contribution is 6.06. The lowest BCUT2D eigenvalue weighted by Crippen LogP contribution is -2.26. The topological polar surface area (TPSA) is 89.6 Å². The van der Waals surface area contributed by atoms with Crippen molar-refractivity contribution in [1.82, 2.24) is 10.3 Å². The summed E-state index contributed by atoms with van der Waals surface area (Å²) in [5, 5.41) is 5.66. The van der Waals surface area contributed by atoms with Crippen molar-refractivity contribution in [1.29, 1.82) is 0 Å². The second-order valence-electron chi connectivity index (χ2n) is 6.02. The minimum Gasteiger partial charge on any atom is -0.486 e. The number of benzene rings is 1. The summed E-state index contributed by atoms with van der Waals surface area (Å²) in [7, 11) is 0. The Kier molecular flexibility index (Phi) is 3.97. The fourth-order valence-electron chi connectivity index (χ4n) is 2.51. The first kappa shape index (κ1) is 15.4. The first-order valence-corrected chi connectivity index (χ1v) is 8.16. The molecule has 7 heteroatoms. The Morgan fingerprint density at radius 2 is 1.68 bits per heavy atom. The summed E-state index contributed by atoms with van der Waals surface area (Å²) in [5.41, 5.74) is 1.28. The lowest BCUT2D eigenvalue weighted by atomic mass is 10.1. The van der Waals surface area contributed by atoms with Gasteiger partial charge in [0.1, 0.15) is 13.2 Å². The van der Waals surface area contributed by atoms with Gasteiger partial charge in [0.2, 0.25) is 0 Å². The number of nitrogens with one attached hydrogen (secondary N) is 2. The zero-order chi connectivity index (χ0) is 17.2. The van der Waals surface area contributed by atoms with Gasteiger partial charge in [-0.2, -0.15) is 0 Å². The van der Waals surface area contributed by atoms with E-state index in [-0.39, 0.29) is 17.9 Å². The molecule has 0 atom stereocenters. The van der Waals surface area contributed by atoms with Gasteiger partial charge in [-0.05, 0) is 31.0 Å². The summed E-state index contributed by atoms with van der Waals surface area (Å²) in [5.74, 6) is 0.707. The van der Waals surface area contributed by atoms with E-state index in [1.807, 2.05) is 0 Å². The van der Waals surface area contributed by atoms with E-state index in [1.54, 1.807) is 18.2 Å². The standard InChI is InChI=1S/C18H17N3O4/c22-17(20-13-1-2-13)11-7-12(10-19-9-11)18(23)21-14-3-4-15-16(8-14)25-6-5-24-15/h3-4,7-10,13H,1-2,5-6H2,(H,20,22)(H,21,23). The third-order valence-corrected chi connectivity index (χ3v) is 3.98. The SMILES string of the molecule is O=C(Nc1ccc2c(c1)OCCO2)c1cncc(C(=O)NC2CC2)c1. The molecule has 0 bridgehead atoms. The number of ether oxygens (including phenoxy) is 2. The molecule has 128 valence electrons. The maximum Gasteiger partial charge on any atom is 0.257 e. The molecule has 1 aromatic carbocycles. The van der Waals surface area contributed by atoms with Crippen LogP contribution in [0.1, 0.15) is 33.6 Å². The molecule has 1 aliphatic carbocycles. The first-order chi connectivity index (χ1) is 12.2. The molecule has 2 amide bonds. The number of hydrogen-bond donors (Lipinski definition) is 2. The summed E-state index contributed by atoms with van der Waals surface area (Å²) in [4.78, 5) is 28.5. The van der Waals surface area contributed by atoms with Gasteiger partial charge in [0.05, 0.1) is 11.1 Å². The first-order valence-electron chi connectivity index (χ1n) is 8.16. The zero-order valence-corrected chi connectivity index (χ0v) is 13.5. The second kappa shape index (κ2) is 6.43. The summed E-state index contributed by atoms with van der Waals surface area (Å²) in [6.07, 6.45) is 4.90. The number of carbonyl (C=O) groups excluding carboxylic acids is 2. The maximum atomic E-state index is 12.4. The average molecular weight is 339 g/mol. The molecule has 25 heavy (non-hydrogen) atoms. The predicted molar refractivity (Wildman–Crippen MR) is 90.1 cm³/mol. The van der Waals surface area contributed by atoms with Gasteiger partial charge in [0.15, 0.2) is 11.5 Å². The Morgan fingerprint density at radius 1 is 0.960 bits per heavy atom. The molecule has 2 N–H and O–H groups in total. The van der Waals surface area contributed by atoms with Gasteiger partial charge >= 0.3 is 0 Å². The number of rotatable bonds is 4. The van der Waals surface area contributed by atoms with Crippen LogP contribution in [0.3, 0.4) is 0 Å². The normalized spacial score (nSPS) is 15.4. The highest BCUT2D eigenvalue weighted by atomic mass is 16.6. The summed E-state index contributed by atoms with van der Waals surface area (Å²) < 4.78 is 11.0. The smallest absolute Gasteiger partial charge is 0.257 e. The molecule has 2 aliphatic rings. The number of fused-ring (bicyclic) bond motifs is 1. The molecule has 0 radical (unpaired) electrons. The van der Waals surface area contributed by atoms with Crippen molar-refractivity contribution in [2.24, 2.45) is 0 Å². The number of nitrogens with zero attached hydrogens (tertiary/aromatic N) is 1. The number of aromatic nitrogens is 1. The van der Waals surface area contributed by atoms with Gasteiger partial charge in [-0.25, -0.2) is 0 Å². The Morgan fingerprint density at radius 3 is 2.44 bits per heavy atom. The monoisotopic (exact) mass is 339 g/mol. The average Bonchev–Trinajstić information content (AvgIpc) is 3.45. The molecule has 1 saturated carbocycles. The number of amides is 2. The molecule has 0 unspecified atom stereocenters. The minimum absolute atomic E-state index is 0.205. The van der Waals surface area contributed by atoms with Crippen LogP contribution < -0.4 is 20.1 Å². The Balaban J connectivity index is 1.48. The van der Waals surface area contributed by atoms with Crippen molar-refractivity contribution in [2.75, 3.05) is 18.5 Å². The maximum absolute atomic E-state index is 12.4. The number of carbonyl (C=O) groups is 2. The van der Waals surface area contributed by atoms with Crippen molar-refractivity contribution >= 4 is 17.5 Å². The lowest BCUT2D eigenvalue weighted by Gasteiger charge is -2.19. The lowest BCUT2D eigenvalue weighted by molar-refractivity contribution is 0.0950. The van der Waals surface area contributed by atoms with Crippen molar-refractivity contribution in [3.8, 4) is 11.5 Å². The molecule has 1 aliphatic heterocycles. The van der Waals surface area contributed by atoms with E-state index in [1.165, 1.54) is 18.5 Å². The van der Waals surface area contributed by atoms with Crippen LogP contribution in [0.2, 0.25) is 0 Å². The van der Waals surface area contributed by atoms with Gasteiger partial charge in [0, 0.05) is 30.2 Å². The van der Waals surface area contributed by atoms with Crippen LogP contribution in [0.25, 0.3) is 0 Å². The van der Waals surface area contributed by atoms with Crippen molar-refractivity contribution < 1.29 is 19.1 Å². The summed E-state index contributed by atoms with van der Waals surface area (Å²) in [6.45, 7) is 0.993. The van der Waals surface area contributed by atoms with Gasteiger partial charge in [-0.15, -0.1) is 0 Å². The van der Waals surface area contributed by atoms with Crippen LogP contribution in [0.15, 0.2) is 36.7 Å². The van der Waals surface area contributed by atoms with Crippen molar-refractivity contribution in [3.05, 3.63) is 47.8 Å². The minimum atomic E-state index is -0.342. The van der Waals surface area contributed by atoms with E-state index >= 15 is 0 Å². The molecule has 0 spiro atoms. The fraction of sp³-hybridized carbons (Fsp3) is 0.278. The van der Waals surface area contributed by atoms with E-state index < -0.39 is 0 Å². The highest BCUT2D eigenvalue weighted by Crippen LogP contribution is 2.32. The van der Waals surface area contributed by atoms with Gasteiger partial charge in [0.25, 0.3) is 11.8 Å². The Bertz CT molecular complexity index is 833. The van der Waals surface area contributed by atoms with Crippen LogP contribution in [0.4, 0.5) is 5.69 Å². The number of anilines is 1. The summed E-state index contributed by atoms with van der Waals surface area (Å²) >= 11 is 0. The van der Waals surface area contributed by atoms with Crippen LogP contribution in [-0.2, 0) is 0 Å². The highest BCUT2D eigenvalue weighted by Gasteiger charge is 2.24. The molecule has 1 aromatic heterocycles. The molecule has 7 nitrogen and oxygen atoms in total. The molecule has 4 rings (SSSR count). The van der Waals surface area contributed by atoms with Crippen LogP contribution in [0, 0.1) is 0 Å². The third-order valence-electron chi connectivity index (χ3n) is 3.98. The van der Waals surface area contributed by atoms with Gasteiger partial charge < -0.3 is 20.1 Å². The molecule has 2 heterocycles. The quantitative estimate of drug-likeness (QED) is 0.889. The van der Waals surface area contributed by atoms with E-state index in [9.17, 15) is 9.59 Å².